The zero-order valence-corrected chi connectivity index (χ0v) is 11.4. The van der Waals surface area contributed by atoms with E-state index in [4.69, 9.17) is 17.3 Å². The molecule has 1 atom stereocenters. The summed E-state index contributed by atoms with van der Waals surface area (Å²) < 4.78 is 13.3. The summed E-state index contributed by atoms with van der Waals surface area (Å²) in [4.78, 5) is 0. The first-order valence-corrected chi connectivity index (χ1v) is 7.23. The van der Waals surface area contributed by atoms with Crippen LogP contribution in [0.15, 0.2) is 18.2 Å². The van der Waals surface area contributed by atoms with Crippen molar-refractivity contribution in [2.45, 2.75) is 51.0 Å². The highest BCUT2D eigenvalue weighted by molar-refractivity contribution is 6.31. The van der Waals surface area contributed by atoms with Gasteiger partial charge in [0.1, 0.15) is 5.82 Å². The molecule has 2 rings (SSSR count). The fraction of sp³-hybridized carbons (Fsp3) is 0.600. The maximum absolute atomic E-state index is 13.3. The van der Waals surface area contributed by atoms with Crippen molar-refractivity contribution in [3.63, 3.8) is 0 Å². The SMILES string of the molecule is NC(CCC1CCCC1)Cc1cccc(F)c1Cl. The summed E-state index contributed by atoms with van der Waals surface area (Å²) in [6.07, 6.45) is 8.33. The van der Waals surface area contributed by atoms with Crippen LogP contribution in [0.3, 0.4) is 0 Å². The molecule has 0 radical (unpaired) electrons. The Morgan fingerprint density at radius 1 is 1.33 bits per heavy atom. The Bertz CT molecular complexity index is 388. The summed E-state index contributed by atoms with van der Waals surface area (Å²) in [5.74, 6) is 0.510. The highest BCUT2D eigenvalue weighted by Crippen LogP contribution is 2.29. The van der Waals surface area contributed by atoms with Crippen LogP contribution >= 0.6 is 11.6 Å². The van der Waals surface area contributed by atoms with Gasteiger partial charge in [0.15, 0.2) is 0 Å². The van der Waals surface area contributed by atoms with E-state index in [1.54, 1.807) is 6.07 Å². The first kappa shape index (κ1) is 13.8. The molecule has 0 spiro atoms. The van der Waals surface area contributed by atoms with E-state index in [-0.39, 0.29) is 16.9 Å². The molecule has 0 heterocycles. The van der Waals surface area contributed by atoms with Crippen LogP contribution in [0, 0.1) is 11.7 Å². The van der Waals surface area contributed by atoms with Gasteiger partial charge in [0.2, 0.25) is 0 Å². The molecule has 100 valence electrons. The van der Waals surface area contributed by atoms with Gasteiger partial charge in [-0.15, -0.1) is 0 Å². The Morgan fingerprint density at radius 2 is 2.06 bits per heavy atom. The number of nitrogens with two attached hydrogens (primary N) is 1. The van der Waals surface area contributed by atoms with Gasteiger partial charge in [-0.2, -0.15) is 0 Å². The quantitative estimate of drug-likeness (QED) is 0.846. The Morgan fingerprint density at radius 3 is 2.78 bits per heavy atom. The van der Waals surface area contributed by atoms with E-state index >= 15 is 0 Å². The average Bonchev–Trinajstić information content (AvgIpc) is 2.86. The summed E-state index contributed by atoms with van der Waals surface area (Å²) in [6.45, 7) is 0. The van der Waals surface area contributed by atoms with Crippen molar-refractivity contribution in [1.29, 1.82) is 0 Å². The smallest absolute Gasteiger partial charge is 0.142 e. The van der Waals surface area contributed by atoms with Crippen molar-refractivity contribution >= 4 is 11.6 Å². The normalized spacial score (nSPS) is 18.2. The van der Waals surface area contributed by atoms with Crippen molar-refractivity contribution < 1.29 is 4.39 Å². The van der Waals surface area contributed by atoms with Gasteiger partial charge in [-0.25, -0.2) is 4.39 Å². The van der Waals surface area contributed by atoms with Gasteiger partial charge in [-0.3, -0.25) is 0 Å². The lowest BCUT2D eigenvalue weighted by atomic mass is 9.95. The lowest BCUT2D eigenvalue weighted by Gasteiger charge is -2.15. The van der Waals surface area contributed by atoms with Gasteiger partial charge < -0.3 is 5.73 Å². The lowest BCUT2D eigenvalue weighted by molar-refractivity contribution is 0.447. The molecule has 1 nitrogen and oxygen atoms in total. The van der Waals surface area contributed by atoms with Crippen molar-refractivity contribution in [2.75, 3.05) is 0 Å². The molecule has 1 aliphatic rings. The lowest BCUT2D eigenvalue weighted by Crippen LogP contribution is -2.23. The van der Waals surface area contributed by atoms with Gasteiger partial charge in [-0.1, -0.05) is 49.4 Å². The Kier molecular flexibility index (Phi) is 5.02. The van der Waals surface area contributed by atoms with Crippen LogP contribution in [0.25, 0.3) is 0 Å². The second kappa shape index (κ2) is 6.53. The molecule has 0 amide bonds. The van der Waals surface area contributed by atoms with Crippen LogP contribution in [-0.2, 0) is 6.42 Å². The number of hydrogen-bond acceptors (Lipinski definition) is 1. The standard InChI is InChI=1S/C15H21ClFN/c16-15-12(6-3-7-14(15)17)10-13(18)9-8-11-4-1-2-5-11/h3,6-7,11,13H,1-2,4-5,8-10,18H2. The zero-order valence-electron chi connectivity index (χ0n) is 10.7. The van der Waals surface area contributed by atoms with E-state index in [9.17, 15) is 4.39 Å². The van der Waals surface area contributed by atoms with E-state index in [1.807, 2.05) is 6.07 Å². The average molecular weight is 270 g/mol. The van der Waals surface area contributed by atoms with E-state index in [0.29, 0.717) is 6.42 Å². The molecule has 0 saturated heterocycles. The van der Waals surface area contributed by atoms with Crippen molar-refractivity contribution in [3.8, 4) is 0 Å². The minimum absolute atomic E-state index is 0.0879. The first-order chi connectivity index (χ1) is 8.66. The Hall–Kier alpha value is -0.600. The van der Waals surface area contributed by atoms with Gasteiger partial charge in [0.25, 0.3) is 0 Å². The molecular formula is C15H21ClFN. The third-order valence-electron chi connectivity index (χ3n) is 3.93. The highest BCUT2D eigenvalue weighted by atomic mass is 35.5. The van der Waals surface area contributed by atoms with Crippen molar-refractivity contribution in [3.05, 3.63) is 34.6 Å². The van der Waals surface area contributed by atoms with Crippen LogP contribution in [0.5, 0.6) is 0 Å². The molecular weight excluding hydrogens is 249 g/mol. The molecule has 1 aliphatic carbocycles. The second-order valence-corrected chi connectivity index (χ2v) is 5.78. The topological polar surface area (TPSA) is 26.0 Å². The molecule has 0 bridgehead atoms. The fourth-order valence-electron chi connectivity index (χ4n) is 2.84. The van der Waals surface area contributed by atoms with Gasteiger partial charge in [0, 0.05) is 6.04 Å². The predicted molar refractivity (Wildman–Crippen MR) is 74.3 cm³/mol. The first-order valence-electron chi connectivity index (χ1n) is 6.85. The van der Waals surface area contributed by atoms with Crippen LogP contribution in [0.4, 0.5) is 4.39 Å². The van der Waals surface area contributed by atoms with Crippen LogP contribution in [-0.4, -0.2) is 6.04 Å². The van der Waals surface area contributed by atoms with Gasteiger partial charge in [0.05, 0.1) is 5.02 Å². The minimum Gasteiger partial charge on any atom is -0.327 e. The third-order valence-corrected chi connectivity index (χ3v) is 4.36. The maximum atomic E-state index is 13.3. The summed E-state index contributed by atoms with van der Waals surface area (Å²) >= 11 is 5.93. The van der Waals surface area contributed by atoms with Crippen molar-refractivity contribution in [2.24, 2.45) is 11.7 Å². The molecule has 0 aromatic heterocycles. The zero-order chi connectivity index (χ0) is 13.0. The Labute approximate surface area is 114 Å². The van der Waals surface area contributed by atoms with Crippen LogP contribution in [0.2, 0.25) is 5.02 Å². The molecule has 1 aromatic rings. The molecule has 1 saturated carbocycles. The third kappa shape index (κ3) is 3.69. The number of benzene rings is 1. The molecule has 1 aromatic carbocycles. The maximum Gasteiger partial charge on any atom is 0.142 e. The number of rotatable bonds is 5. The summed E-state index contributed by atoms with van der Waals surface area (Å²) in [6, 6.07) is 5.03. The summed E-state index contributed by atoms with van der Waals surface area (Å²) in [5.41, 5.74) is 6.95. The van der Waals surface area contributed by atoms with Gasteiger partial charge >= 0.3 is 0 Å². The molecule has 1 unspecified atom stereocenters. The largest absolute Gasteiger partial charge is 0.327 e. The molecule has 2 N–H and O–H groups in total. The fourth-order valence-corrected chi connectivity index (χ4v) is 3.04. The predicted octanol–water partition coefficient (Wildman–Crippen LogP) is 4.32. The minimum atomic E-state index is -0.350. The molecule has 1 fully saturated rings. The van der Waals surface area contributed by atoms with E-state index in [2.05, 4.69) is 0 Å². The number of halogens is 2. The second-order valence-electron chi connectivity index (χ2n) is 5.40. The molecule has 0 aliphatic heterocycles. The molecule has 18 heavy (non-hydrogen) atoms. The highest BCUT2D eigenvalue weighted by Gasteiger charge is 2.17. The summed E-state index contributed by atoms with van der Waals surface area (Å²) in [5, 5.41) is 0.230. The van der Waals surface area contributed by atoms with Crippen LogP contribution in [0.1, 0.15) is 44.1 Å². The van der Waals surface area contributed by atoms with Crippen molar-refractivity contribution in [1.82, 2.24) is 0 Å². The summed E-state index contributed by atoms with van der Waals surface area (Å²) in [7, 11) is 0. The van der Waals surface area contributed by atoms with E-state index < -0.39 is 0 Å². The Balaban J connectivity index is 1.82. The van der Waals surface area contributed by atoms with E-state index in [0.717, 1.165) is 17.9 Å². The van der Waals surface area contributed by atoms with Crippen LogP contribution < -0.4 is 5.73 Å². The number of hydrogen-bond donors (Lipinski definition) is 1. The van der Waals surface area contributed by atoms with Gasteiger partial charge in [-0.05, 0) is 36.8 Å². The monoisotopic (exact) mass is 269 g/mol. The molecule has 3 heteroatoms. The van der Waals surface area contributed by atoms with E-state index in [1.165, 1.54) is 38.2 Å².